The summed E-state index contributed by atoms with van der Waals surface area (Å²) < 4.78 is 16.2. The SMILES string of the molecule is O=C(OCC(=O)N1CCN(C(=O)c2ccco2)CC1)c1ccccc1Oc1ccccc1. The van der Waals surface area contributed by atoms with Crippen molar-refractivity contribution in [2.75, 3.05) is 32.8 Å². The monoisotopic (exact) mass is 434 g/mol. The zero-order valence-corrected chi connectivity index (χ0v) is 17.3. The highest BCUT2D eigenvalue weighted by Crippen LogP contribution is 2.25. The standard InChI is InChI=1S/C24H22N2O6/c27-22(25-12-14-26(15-13-25)23(28)21-11-6-16-30-21)17-31-24(29)19-9-4-5-10-20(19)32-18-7-2-1-3-8-18/h1-11,16H,12-15,17H2. The molecule has 2 aromatic carbocycles. The molecule has 8 heteroatoms. The molecule has 0 atom stereocenters. The number of hydrogen-bond donors (Lipinski definition) is 0. The van der Waals surface area contributed by atoms with Gasteiger partial charge in [-0.2, -0.15) is 0 Å². The molecule has 32 heavy (non-hydrogen) atoms. The van der Waals surface area contributed by atoms with Gasteiger partial charge in [0.2, 0.25) is 0 Å². The summed E-state index contributed by atoms with van der Waals surface area (Å²) in [7, 11) is 0. The van der Waals surface area contributed by atoms with Crippen molar-refractivity contribution in [3.63, 3.8) is 0 Å². The van der Waals surface area contributed by atoms with E-state index in [9.17, 15) is 14.4 Å². The van der Waals surface area contributed by atoms with Crippen LogP contribution in [0.1, 0.15) is 20.9 Å². The quantitative estimate of drug-likeness (QED) is 0.554. The van der Waals surface area contributed by atoms with Crippen molar-refractivity contribution < 1.29 is 28.3 Å². The number of hydrogen-bond acceptors (Lipinski definition) is 6. The zero-order chi connectivity index (χ0) is 22.3. The van der Waals surface area contributed by atoms with Crippen LogP contribution in [-0.4, -0.2) is 60.4 Å². The largest absolute Gasteiger partial charge is 0.459 e. The number of furan rings is 1. The highest BCUT2D eigenvalue weighted by molar-refractivity contribution is 5.94. The number of rotatable bonds is 6. The highest BCUT2D eigenvalue weighted by atomic mass is 16.5. The lowest BCUT2D eigenvalue weighted by molar-refractivity contribution is -0.136. The summed E-state index contributed by atoms with van der Waals surface area (Å²) in [5, 5.41) is 0. The van der Waals surface area contributed by atoms with E-state index in [0.29, 0.717) is 37.7 Å². The van der Waals surface area contributed by atoms with Crippen molar-refractivity contribution in [1.82, 2.24) is 9.80 Å². The third-order valence-corrected chi connectivity index (χ3v) is 5.06. The molecule has 0 N–H and O–H groups in total. The Morgan fingerprint density at radius 3 is 2.22 bits per heavy atom. The first kappa shape index (κ1) is 21.2. The van der Waals surface area contributed by atoms with Crippen molar-refractivity contribution in [2.24, 2.45) is 0 Å². The predicted molar refractivity (Wildman–Crippen MR) is 114 cm³/mol. The molecule has 1 aliphatic rings. The van der Waals surface area contributed by atoms with Crippen LogP contribution in [0.5, 0.6) is 11.5 Å². The maximum Gasteiger partial charge on any atom is 0.342 e. The molecule has 0 bridgehead atoms. The third-order valence-electron chi connectivity index (χ3n) is 5.06. The number of nitrogens with zero attached hydrogens (tertiary/aromatic N) is 2. The van der Waals surface area contributed by atoms with Crippen LogP contribution in [0.25, 0.3) is 0 Å². The van der Waals surface area contributed by atoms with Gasteiger partial charge in [0.15, 0.2) is 12.4 Å². The van der Waals surface area contributed by atoms with Crippen molar-refractivity contribution in [3.05, 3.63) is 84.3 Å². The Morgan fingerprint density at radius 1 is 0.812 bits per heavy atom. The fourth-order valence-electron chi connectivity index (χ4n) is 3.35. The lowest BCUT2D eigenvalue weighted by atomic mass is 10.2. The molecule has 8 nitrogen and oxygen atoms in total. The first-order valence-electron chi connectivity index (χ1n) is 10.2. The van der Waals surface area contributed by atoms with Crippen LogP contribution >= 0.6 is 0 Å². The van der Waals surface area contributed by atoms with E-state index in [0.717, 1.165) is 0 Å². The summed E-state index contributed by atoms with van der Waals surface area (Å²) in [4.78, 5) is 40.6. The fraction of sp³-hybridized carbons (Fsp3) is 0.208. The average molecular weight is 434 g/mol. The molecule has 0 radical (unpaired) electrons. The van der Waals surface area contributed by atoms with Crippen molar-refractivity contribution in [2.45, 2.75) is 0 Å². The topological polar surface area (TPSA) is 89.3 Å². The van der Waals surface area contributed by atoms with E-state index in [1.807, 2.05) is 18.2 Å². The molecule has 0 unspecified atom stereocenters. The molecule has 0 saturated carbocycles. The molecule has 2 amide bonds. The zero-order valence-electron chi connectivity index (χ0n) is 17.3. The molecule has 2 heterocycles. The molecule has 164 valence electrons. The predicted octanol–water partition coefficient (Wildman–Crippen LogP) is 3.21. The summed E-state index contributed by atoms with van der Waals surface area (Å²) in [6.45, 7) is 1.09. The van der Waals surface area contributed by atoms with E-state index in [4.69, 9.17) is 13.9 Å². The number of esters is 1. The highest BCUT2D eigenvalue weighted by Gasteiger charge is 2.27. The summed E-state index contributed by atoms with van der Waals surface area (Å²) in [6.07, 6.45) is 1.45. The minimum atomic E-state index is -0.642. The number of ether oxygens (including phenoxy) is 2. The molecule has 1 saturated heterocycles. The Hall–Kier alpha value is -4.07. The summed E-state index contributed by atoms with van der Waals surface area (Å²) >= 11 is 0. The maximum atomic E-state index is 12.6. The van der Waals surface area contributed by atoms with Crippen LogP contribution in [0.4, 0.5) is 0 Å². The third kappa shape index (κ3) is 4.97. The van der Waals surface area contributed by atoms with Crippen molar-refractivity contribution in [1.29, 1.82) is 0 Å². The second-order valence-electron chi connectivity index (χ2n) is 7.14. The maximum absolute atomic E-state index is 12.6. The van der Waals surface area contributed by atoms with Crippen LogP contribution in [-0.2, 0) is 9.53 Å². The van der Waals surface area contributed by atoms with Gasteiger partial charge >= 0.3 is 5.97 Å². The Bertz CT molecular complexity index is 1070. The smallest absolute Gasteiger partial charge is 0.342 e. The first-order valence-corrected chi connectivity index (χ1v) is 10.2. The molecular weight excluding hydrogens is 412 g/mol. The second-order valence-corrected chi connectivity index (χ2v) is 7.14. The minimum Gasteiger partial charge on any atom is -0.459 e. The lowest BCUT2D eigenvalue weighted by Gasteiger charge is -2.34. The lowest BCUT2D eigenvalue weighted by Crippen LogP contribution is -2.51. The number of amides is 2. The molecule has 0 spiro atoms. The van der Waals surface area contributed by atoms with Gasteiger partial charge in [-0.1, -0.05) is 30.3 Å². The van der Waals surface area contributed by atoms with E-state index >= 15 is 0 Å². The molecule has 1 aliphatic heterocycles. The van der Waals surface area contributed by atoms with E-state index in [1.165, 1.54) is 6.26 Å². The Morgan fingerprint density at radius 2 is 1.50 bits per heavy atom. The molecule has 1 fully saturated rings. The molecule has 1 aromatic heterocycles. The van der Waals surface area contributed by atoms with Gasteiger partial charge in [0.25, 0.3) is 11.8 Å². The minimum absolute atomic E-state index is 0.205. The van der Waals surface area contributed by atoms with Crippen LogP contribution in [0.3, 0.4) is 0 Å². The summed E-state index contributed by atoms with van der Waals surface area (Å²) in [6, 6.07) is 19.1. The van der Waals surface area contributed by atoms with Crippen molar-refractivity contribution in [3.8, 4) is 11.5 Å². The van der Waals surface area contributed by atoms with Crippen molar-refractivity contribution >= 4 is 17.8 Å². The Labute approximate surface area is 184 Å². The Balaban J connectivity index is 1.29. The molecule has 3 aromatic rings. The van der Waals surface area contributed by atoms with E-state index in [1.54, 1.807) is 58.3 Å². The van der Waals surface area contributed by atoms with Gasteiger partial charge in [-0.3, -0.25) is 9.59 Å². The number of piperazine rings is 1. The number of carbonyl (C=O) groups is 3. The van der Waals surface area contributed by atoms with Gasteiger partial charge in [0, 0.05) is 26.2 Å². The van der Waals surface area contributed by atoms with E-state index in [-0.39, 0.29) is 29.7 Å². The summed E-state index contributed by atoms with van der Waals surface area (Å²) in [5.41, 5.74) is 0.234. The average Bonchev–Trinajstić information content (AvgIpc) is 3.38. The van der Waals surface area contributed by atoms with Crippen LogP contribution in [0.2, 0.25) is 0 Å². The summed E-state index contributed by atoms with van der Waals surface area (Å²) in [5.74, 6) is 0.0482. The second kappa shape index (κ2) is 9.82. The van der Waals surface area contributed by atoms with Gasteiger partial charge in [0.1, 0.15) is 17.1 Å². The van der Waals surface area contributed by atoms with E-state index in [2.05, 4.69) is 0 Å². The number of para-hydroxylation sites is 2. The van der Waals surface area contributed by atoms with Gasteiger partial charge in [0.05, 0.1) is 6.26 Å². The van der Waals surface area contributed by atoms with E-state index < -0.39 is 5.97 Å². The Kier molecular flexibility index (Phi) is 6.50. The number of benzene rings is 2. The first-order chi connectivity index (χ1) is 15.6. The van der Waals surface area contributed by atoms with Crippen LogP contribution in [0, 0.1) is 0 Å². The van der Waals surface area contributed by atoms with Gasteiger partial charge < -0.3 is 23.7 Å². The van der Waals surface area contributed by atoms with Gasteiger partial charge in [-0.05, 0) is 36.4 Å². The van der Waals surface area contributed by atoms with Crippen LogP contribution in [0.15, 0.2) is 77.4 Å². The van der Waals surface area contributed by atoms with Gasteiger partial charge in [-0.25, -0.2) is 4.79 Å². The fourth-order valence-corrected chi connectivity index (χ4v) is 3.35. The molecule has 4 rings (SSSR count). The number of carbonyl (C=O) groups excluding carboxylic acids is 3. The normalized spacial score (nSPS) is 13.5. The molecule has 0 aliphatic carbocycles. The van der Waals surface area contributed by atoms with Gasteiger partial charge in [-0.15, -0.1) is 0 Å². The van der Waals surface area contributed by atoms with Crippen LogP contribution < -0.4 is 4.74 Å². The molecular formula is C24H22N2O6.